The number of nitrogens with zero attached hydrogens (tertiary/aromatic N) is 1. The fourth-order valence-electron chi connectivity index (χ4n) is 1.16. The van der Waals surface area contributed by atoms with Crippen LogP contribution in [0, 0.1) is 34.7 Å². The Bertz CT molecular complexity index is 442. The van der Waals surface area contributed by atoms with E-state index < -0.39 is 29.2 Å². The fraction of sp³-hybridized carbons (Fsp3) is 0.273. The normalized spacial score (nSPS) is 11.9. The van der Waals surface area contributed by atoms with Gasteiger partial charge in [0.1, 0.15) is 0 Å². The third-order valence-corrected chi connectivity index (χ3v) is 2.02. The number of benzene rings is 1. The van der Waals surface area contributed by atoms with E-state index in [2.05, 4.69) is 0 Å². The number of ketones is 1. The third-order valence-electron chi connectivity index (χ3n) is 2.02. The zero-order chi connectivity index (χ0) is 12.3. The Morgan fingerprint density at radius 3 is 2.31 bits per heavy atom. The minimum absolute atomic E-state index is 0.152. The zero-order valence-corrected chi connectivity index (χ0v) is 8.43. The van der Waals surface area contributed by atoms with Crippen LogP contribution in [0.4, 0.5) is 13.2 Å². The van der Waals surface area contributed by atoms with Crippen molar-refractivity contribution in [3.05, 3.63) is 35.1 Å². The van der Waals surface area contributed by atoms with Crippen LogP contribution in [0.15, 0.2) is 12.1 Å². The van der Waals surface area contributed by atoms with Gasteiger partial charge in [-0.15, -0.1) is 0 Å². The first-order valence-corrected chi connectivity index (χ1v) is 4.53. The number of hydrogen-bond acceptors (Lipinski definition) is 2. The highest BCUT2D eigenvalue weighted by atomic mass is 19.2. The van der Waals surface area contributed by atoms with Crippen LogP contribution in [-0.2, 0) is 0 Å². The number of halogens is 3. The van der Waals surface area contributed by atoms with Gasteiger partial charge in [0, 0.05) is 12.0 Å². The first kappa shape index (κ1) is 12.2. The van der Waals surface area contributed by atoms with Crippen LogP contribution in [0.2, 0.25) is 0 Å². The standard InChI is InChI=1S/C11H8F3NO/c1-6(5-15)2-10(16)7-3-8(12)11(14)9(13)4-7/h3-4,6H,2H2,1H3. The smallest absolute Gasteiger partial charge is 0.194 e. The minimum Gasteiger partial charge on any atom is -0.294 e. The molecule has 0 aliphatic carbocycles. The van der Waals surface area contributed by atoms with Crippen LogP contribution in [-0.4, -0.2) is 5.78 Å². The minimum atomic E-state index is -1.61. The quantitative estimate of drug-likeness (QED) is 0.588. The molecule has 0 saturated heterocycles. The Morgan fingerprint density at radius 1 is 1.38 bits per heavy atom. The number of nitriles is 1. The predicted octanol–water partition coefficient (Wildman–Crippen LogP) is 2.84. The lowest BCUT2D eigenvalue weighted by atomic mass is 10.0. The second kappa shape index (κ2) is 4.79. The van der Waals surface area contributed by atoms with Gasteiger partial charge in [0.2, 0.25) is 0 Å². The summed E-state index contributed by atoms with van der Waals surface area (Å²) >= 11 is 0. The molecule has 0 fully saturated rings. The fourth-order valence-corrected chi connectivity index (χ4v) is 1.16. The van der Waals surface area contributed by atoms with Crippen molar-refractivity contribution in [3.8, 4) is 6.07 Å². The first-order valence-electron chi connectivity index (χ1n) is 4.53. The van der Waals surface area contributed by atoms with Crippen molar-refractivity contribution in [1.29, 1.82) is 5.26 Å². The van der Waals surface area contributed by atoms with Gasteiger partial charge in [-0.25, -0.2) is 13.2 Å². The molecule has 84 valence electrons. The highest BCUT2D eigenvalue weighted by Crippen LogP contribution is 2.16. The molecule has 2 nitrogen and oxygen atoms in total. The lowest BCUT2D eigenvalue weighted by Crippen LogP contribution is -2.06. The van der Waals surface area contributed by atoms with Crippen molar-refractivity contribution in [2.75, 3.05) is 0 Å². The molecule has 0 saturated carbocycles. The molecule has 1 unspecified atom stereocenters. The molecule has 0 spiro atoms. The summed E-state index contributed by atoms with van der Waals surface area (Å²) in [6.45, 7) is 1.51. The van der Waals surface area contributed by atoms with Crippen LogP contribution in [0.3, 0.4) is 0 Å². The molecule has 0 radical (unpaired) electrons. The summed E-state index contributed by atoms with van der Waals surface area (Å²) in [7, 11) is 0. The average Bonchev–Trinajstić information content (AvgIpc) is 2.24. The summed E-state index contributed by atoms with van der Waals surface area (Å²) in [6.07, 6.45) is -0.152. The molecule has 1 aromatic carbocycles. The molecule has 0 N–H and O–H groups in total. The van der Waals surface area contributed by atoms with Crippen molar-refractivity contribution < 1.29 is 18.0 Å². The van der Waals surface area contributed by atoms with E-state index in [4.69, 9.17) is 5.26 Å². The van der Waals surface area contributed by atoms with Crippen LogP contribution in [0.25, 0.3) is 0 Å². The molecule has 16 heavy (non-hydrogen) atoms. The van der Waals surface area contributed by atoms with Crippen LogP contribution in [0.1, 0.15) is 23.7 Å². The summed E-state index contributed by atoms with van der Waals surface area (Å²) in [5.74, 6) is -5.57. The van der Waals surface area contributed by atoms with Gasteiger partial charge in [-0.1, -0.05) is 0 Å². The number of Topliss-reactive ketones (excluding diaryl/α,β-unsaturated/α-hetero) is 1. The molecule has 5 heteroatoms. The van der Waals surface area contributed by atoms with E-state index in [9.17, 15) is 18.0 Å². The molecule has 0 aromatic heterocycles. The lowest BCUT2D eigenvalue weighted by Gasteiger charge is -2.03. The molecular weight excluding hydrogens is 219 g/mol. The number of hydrogen-bond donors (Lipinski definition) is 0. The largest absolute Gasteiger partial charge is 0.294 e. The Morgan fingerprint density at radius 2 is 1.88 bits per heavy atom. The maximum atomic E-state index is 12.8. The molecule has 0 bridgehead atoms. The summed E-state index contributed by atoms with van der Waals surface area (Å²) in [6, 6.07) is 3.08. The Labute approximate surface area is 90.3 Å². The van der Waals surface area contributed by atoms with Crippen molar-refractivity contribution in [2.24, 2.45) is 5.92 Å². The Kier molecular flexibility index (Phi) is 3.67. The van der Waals surface area contributed by atoms with Gasteiger partial charge in [-0.3, -0.25) is 4.79 Å². The van der Waals surface area contributed by atoms with E-state index in [0.29, 0.717) is 12.1 Å². The average molecular weight is 227 g/mol. The second-order valence-corrected chi connectivity index (χ2v) is 3.41. The third kappa shape index (κ3) is 2.60. The van der Waals surface area contributed by atoms with Gasteiger partial charge in [0.05, 0.1) is 12.0 Å². The molecule has 0 heterocycles. The number of carbonyl (C=O) groups is 1. The topological polar surface area (TPSA) is 40.9 Å². The highest BCUT2D eigenvalue weighted by molar-refractivity contribution is 5.96. The maximum Gasteiger partial charge on any atom is 0.194 e. The molecule has 1 aromatic rings. The predicted molar refractivity (Wildman–Crippen MR) is 50.0 cm³/mol. The molecule has 1 rings (SSSR count). The van der Waals surface area contributed by atoms with Crippen molar-refractivity contribution >= 4 is 5.78 Å². The highest BCUT2D eigenvalue weighted by Gasteiger charge is 2.16. The van der Waals surface area contributed by atoms with Crippen LogP contribution in [0.5, 0.6) is 0 Å². The molecule has 0 aliphatic heterocycles. The van der Waals surface area contributed by atoms with E-state index in [1.54, 1.807) is 0 Å². The van der Waals surface area contributed by atoms with Crippen LogP contribution >= 0.6 is 0 Å². The van der Waals surface area contributed by atoms with E-state index in [0.717, 1.165) is 0 Å². The van der Waals surface area contributed by atoms with Crippen molar-refractivity contribution in [2.45, 2.75) is 13.3 Å². The Balaban J connectivity index is 2.98. The van der Waals surface area contributed by atoms with Crippen molar-refractivity contribution in [1.82, 2.24) is 0 Å². The summed E-state index contributed by atoms with van der Waals surface area (Å²) < 4.78 is 38.2. The number of rotatable bonds is 3. The van der Waals surface area contributed by atoms with E-state index in [1.165, 1.54) is 6.92 Å². The molecule has 0 amide bonds. The van der Waals surface area contributed by atoms with Gasteiger partial charge < -0.3 is 0 Å². The molecule has 0 aliphatic rings. The van der Waals surface area contributed by atoms with Gasteiger partial charge in [0.25, 0.3) is 0 Å². The summed E-state index contributed by atoms with van der Waals surface area (Å²) in [4.78, 5) is 11.4. The first-order chi connectivity index (χ1) is 7.45. The van der Waals surface area contributed by atoms with E-state index in [-0.39, 0.29) is 12.0 Å². The van der Waals surface area contributed by atoms with E-state index in [1.807, 2.05) is 6.07 Å². The lowest BCUT2D eigenvalue weighted by molar-refractivity contribution is 0.0971. The van der Waals surface area contributed by atoms with Gasteiger partial charge in [-0.2, -0.15) is 5.26 Å². The SMILES string of the molecule is CC(C#N)CC(=O)c1cc(F)c(F)c(F)c1. The molecule has 1 atom stereocenters. The second-order valence-electron chi connectivity index (χ2n) is 3.41. The molecular formula is C11H8F3NO. The van der Waals surface area contributed by atoms with Crippen LogP contribution < -0.4 is 0 Å². The van der Waals surface area contributed by atoms with Gasteiger partial charge in [0.15, 0.2) is 23.2 Å². The van der Waals surface area contributed by atoms with Gasteiger partial charge >= 0.3 is 0 Å². The zero-order valence-electron chi connectivity index (χ0n) is 8.43. The van der Waals surface area contributed by atoms with E-state index >= 15 is 0 Å². The summed E-state index contributed by atoms with van der Waals surface area (Å²) in [5.41, 5.74) is -0.265. The monoisotopic (exact) mass is 227 g/mol. The maximum absolute atomic E-state index is 12.8. The van der Waals surface area contributed by atoms with Gasteiger partial charge in [-0.05, 0) is 19.1 Å². The Hall–Kier alpha value is -1.83. The summed E-state index contributed by atoms with van der Waals surface area (Å²) in [5, 5.41) is 8.47. The van der Waals surface area contributed by atoms with Crippen molar-refractivity contribution in [3.63, 3.8) is 0 Å². The number of carbonyl (C=O) groups excluding carboxylic acids is 1.